The van der Waals surface area contributed by atoms with E-state index >= 15 is 0 Å². The van der Waals surface area contributed by atoms with Crippen LogP contribution in [-0.2, 0) is 9.59 Å². The molecule has 2 rings (SSSR count). The molecule has 3 N–H and O–H groups in total. The first-order chi connectivity index (χ1) is 10.9. The number of rotatable bonds is 5. The largest absolute Gasteiger partial charge is 0.388 e. The molecule has 0 aromatic carbocycles. The summed E-state index contributed by atoms with van der Waals surface area (Å²) in [5, 5.41) is 10.9. The number of amides is 2. The van der Waals surface area contributed by atoms with Crippen molar-refractivity contribution in [1.82, 2.24) is 14.7 Å². The normalized spacial score (nSPS) is 27.7. The molecule has 0 spiro atoms. The summed E-state index contributed by atoms with van der Waals surface area (Å²) in [6, 6.07) is 0. The molecule has 2 saturated heterocycles. The SMILES string of the molecule is CN1CCN(C[C@@]2(O)CCCN(C(=O)CCC(N)=O)CC2)CC1. The van der Waals surface area contributed by atoms with Crippen LogP contribution in [0.15, 0.2) is 0 Å². The number of likely N-dealkylation sites (N-methyl/N-ethyl adjacent to an activating group) is 1. The molecule has 2 amide bonds. The van der Waals surface area contributed by atoms with Gasteiger partial charge in [-0.1, -0.05) is 0 Å². The summed E-state index contributed by atoms with van der Waals surface area (Å²) in [6.07, 6.45) is 2.39. The first-order valence-electron chi connectivity index (χ1n) is 8.57. The molecular formula is C16H30N4O3. The predicted molar refractivity (Wildman–Crippen MR) is 87.7 cm³/mol. The van der Waals surface area contributed by atoms with Crippen LogP contribution in [0.3, 0.4) is 0 Å². The van der Waals surface area contributed by atoms with Gasteiger partial charge in [0.25, 0.3) is 0 Å². The highest BCUT2D eigenvalue weighted by molar-refractivity contribution is 5.82. The molecule has 2 aliphatic heterocycles. The molecule has 1 atom stereocenters. The summed E-state index contributed by atoms with van der Waals surface area (Å²) < 4.78 is 0. The van der Waals surface area contributed by atoms with Gasteiger partial charge in [0.1, 0.15) is 0 Å². The molecule has 0 unspecified atom stereocenters. The van der Waals surface area contributed by atoms with Gasteiger partial charge in [-0.2, -0.15) is 0 Å². The second kappa shape index (κ2) is 8.08. The van der Waals surface area contributed by atoms with Crippen LogP contribution in [0.2, 0.25) is 0 Å². The number of likely N-dealkylation sites (tertiary alicyclic amines) is 1. The van der Waals surface area contributed by atoms with E-state index in [0.29, 0.717) is 26.1 Å². The fraction of sp³-hybridized carbons (Fsp3) is 0.875. The van der Waals surface area contributed by atoms with E-state index in [2.05, 4.69) is 16.8 Å². The lowest BCUT2D eigenvalue weighted by Crippen LogP contribution is -2.51. The Morgan fingerprint density at radius 3 is 2.39 bits per heavy atom. The van der Waals surface area contributed by atoms with Crippen LogP contribution in [0.4, 0.5) is 0 Å². The highest BCUT2D eigenvalue weighted by Crippen LogP contribution is 2.24. The van der Waals surface area contributed by atoms with Crippen molar-refractivity contribution in [2.24, 2.45) is 5.73 Å². The monoisotopic (exact) mass is 326 g/mol. The van der Waals surface area contributed by atoms with Crippen molar-refractivity contribution >= 4 is 11.8 Å². The first-order valence-corrected chi connectivity index (χ1v) is 8.57. The van der Waals surface area contributed by atoms with Gasteiger partial charge in [0.15, 0.2) is 0 Å². The molecule has 0 aromatic heterocycles. The second-order valence-corrected chi connectivity index (χ2v) is 7.00. The van der Waals surface area contributed by atoms with E-state index in [1.807, 2.05) is 0 Å². The van der Waals surface area contributed by atoms with Gasteiger partial charge >= 0.3 is 0 Å². The second-order valence-electron chi connectivity index (χ2n) is 7.00. The van der Waals surface area contributed by atoms with Crippen molar-refractivity contribution in [1.29, 1.82) is 0 Å². The molecular weight excluding hydrogens is 296 g/mol. The lowest BCUT2D eigenvalue weighted by atomic mass is 9.94. The number of primary amides is 1. The lowest BCUT2D eigenvalue weighted by molar-refractivity contribution is -0.133. The number of carbonyl (C=O) groups excluding carboxylic acids is 2. The third kappa shape index (κ3) is 5.75. The lowest BCUT2D eigenvalue weighted by Gasteiger charge is -2.38. The van der Waals surface area contributed by atoms with Crippen molar-refractivity contribution in [2.45, 2.75) is 37.7 Å². The molecule has 7 heteroatoms. The zero-order valence-corrected chi connectivity index (χ0v) is 14.2. The van der Waals surface area contributed by atoms with Crippen molar-refractivity contribution in [2.75, 3.05) is 52.9 Å². The van der Waals surface area contributed by atoms with Crippen LogP contribution in [0, 0.1) is 0 Å². The minimum absolute atomic E-state index is 0.0346. The summed E-state index contributed by atoms with van der Waals surface area (Å²) in [7, 11) is 2.12. The summed E-state index contributed by atoms with van der Waals surface area (Å²) in [5.74, 6) is -0.479. The van der Waals surface area contributed by atoms with Crippen molar-refractivity contribution in [3.8, 4) is 0 Å². The first kappa shape index (κ1) is 18.2. The number of β-amino-alcohol motifs (C(OH)–C–C–N with tert-alkyl or cyclic N) is 1. The molecule has 0 radical (unpaired) electrons. The van der Waals surface area contributed by atoms with E-state index in [9.17, 15) is 14.7 Å². The molecule has 132 valence electrons. The molecule has 7 nitrogen and oxygen atoms in total. The Kier molecular flexibility index (Phi) is 6.38. The third-order valence-corrected chi connectivity index (χ3v) is 4.97. The van der Waals surface area contributed by atoms with Gasteiger partial charge in [-0.25, -0.2) is 0 Å². The zero-order chi connectivity index (χ0) is 16.9. The summed E-state index contributed by atoms with van der Waals surface area (Å²) in [4.78, 5) is 29.3. The maximum atomic E-state index is 12.1. The van der Waals surface area contributed by atoms with Crippen molar-refractivity contribution < 1.29 is 14.7 Å². The van der Waals surface area contributed by atoms with Crippen LogP contribution in [0.5, 0.6) is 0 Å². The summed E-state index contributed by atoms with van der Waals surface area (Å²) in [6.45, 7) is 5.94. The summed E-state index contributed by atoms with van der Waals surface area (Å²) >= 11 is 0. The summed E-state index contributed by atoms with van der Waals surface area (Å²) in [5.41, 5.74) is 4.39. The van der Waals surface area contributed by atoms with E-state index in [-0.39, 0.29) is 18.7 Å². The number of piperazine rings is 1. The Morgan fingerprint density at radius 1 is 1.04 bits per heavy atom. The van der Waals surface area contributed by atoms with Crippen LogP contribution in [0.25, 0.3) is 0 Å². The van der Waals surface area contributed by atoms with E-state index in [0.717, 1.165) is 39.0 Å². The maximum Gasteiger partial charge on any atom is 0.223 e. The average molecular weight is 326 g/mol. The van der Waals surface area contributed by atoms with Crippen LogP contribution in [0.1, 0.15) is 32.1 Å². The van der Waals surface area contributed by atoms with Crippen molar-refractivity contribution in [3.63, 3.8) is 0 Å². The topological polar surface area (TPSA) is 90.1 Å². The third-order valence-electron chi connectivity index (χ3n) is 4.97. The number of hydrogen-bond donors (Lipinski definition) is 2. The fourth-order valence-electron chi connectivity index (χ4n) is 3.40. The zero-order valence-electron chi connectivity index (χ0n) is 14.2. The highest BCUT2D eigenvalue weighted by Gasteiger charge is 2.33. The Hall–Kier alpha value is -1.18. The quantitative estimate of drug-likeness (QED) is 0.693. The molecule has 0 saturated carbocycles. The van der Waals surface area contributed by atoms with Gasteiger partial charge in [0, 0.05) is 58.7 Å². The molecule has 0 aromatic rings. The minimum atomic E-state index is -0.714. The van der Waals surface area contributed by atoms with Crippen LogP contribution < -0.4 is 5.73 Å². The minimum Gasteiger partial charge on any atom is -0.388 e. The van der Waals surface area contributed by atoms with Crippen LogP contribution >= 0.6 is 0 Å². The standard InChI is InChI=1S/C16H30N4O3/c1-18-9-11-19(12-10-18)13-16(23)5-2-7-20(8-6-16)15(22)4-3-14(17)21/h23H,2-13H2,1H3,(H2,17,21)/t16-/m1/s1. The number of aliphatic hydroxyl groups is 1. The molecule has 23 heavy (non-hydrogen) atoms. The van der Waals surface area contributed by atoms with E-state index < -0.39 is 11.5 Å². The Labute approximate surface area is 138 Å². The maximum absolute atomic E-state index is 12.1. The Morgan fingerprint density at radius 2 is 1.74 bits per heavy atom. The van der Waals surface area contributed by atoms with Gasteiger partial charge in [0.2, 0.25) is 11.8 Å². The van der Waals surface area contributed by atoms with Gasteiger partial charge in [0.05, 0.1) is 5.60 Å². The smallest absolute Gasteiger partial charge is 0.223 e. The molecule has 2 aliphatic rings. The molecule has 2 heterocycles. The Balaban J connectivity index is 1.82. The van der Waals surface area contributed by atoms with Gasteiger partial charge in [-0.05, 0) is 26.3 Å². The molecule has 0 aliphatic carbocycles. The average Bonchev–Trinajstić information content (AvgIpc) is 2.69. The van der Waals surface area contributed by atoms with E-state index in [1.165, 1.54) is 0 Å². The fourth-order valence-corrected chi connectivity index (χ4v) is 3.40. The van der Waals surface area contributed by atoms with Gasteiger partial charge < -0.3 is 20.6 Å². The highest BCUT2D eigenvalue weighted by atomic mass is 16.3. The van der Waals surface area contributed by atoms with Crippen molar-refractivity contribution in [3.05, 3.63) is 0 Å². The van der Waals surface area contributed by atoms with Crippen LogP contribution in [-0.4, -0.2) is 90.1 Å². The van der Waals surface area contributed by atoms with Gasteiger partial charge in [-0.15, -0.1) is 0 Å². The number of nitrogens with two attached hydrogens (primary N) is 1. The number of nitrogens with zero attached hydrogens (tertiary/aromatic N) is 3. The van der Waals surface area contributed by atoms with Gasteiger partial charge in [-0.3, -0.25) is 14.5 Å². The van der Waals surface area contributed by atoms with E-state index in [4.69, 9.17) is 5.73 Å². The predicted octanol–water partition coefficient (Wildman–Crippen LogP) is -0.757. The molecule has 0 bridgehead atoms. The van der Waals surface area contributed by atoms with E-state index in [1.54, 1.807) is 4.90 Å². The molecule has 2 fully saturated rings. The number of hydrogen-bond acceptors (Lipinski definition) is 5. The Bertz CT molecular complexity index is 424. The number of carbonyl (C=O) groups is 2.